The molecule has 1 saturated heterocycles. The van der Waals surface area contributed by atoms with Gasteiger partial charge in [-0.05, 0) is 117 Å². The molecule has 5 rings (SSSR count). The van der Waals surface area contributed by atoms with Crippen molar-refractivity contribution in [2.75, 3.05) is 13.7 Å². The van der Waals surface area contributed by atoms with Crippen LogP contribution in [-0.2, 0) is 4.79 Å². The van der Waals surface area contributed by atoms with Crippen molar-refractivity contribution < 1.29 is 14.6 Å². The Balaban J connectivity index is 1.26. The van der Waals surface area contributed by atoms with Gasteiger partial charge < -0.3 is 14.7 Å². The van der Waals surface area contributed by atoms with E-state index >= 15 is 0 Å². The number of aliphatic hydroxyl groups excluding tert-OH is 1. The van der Waals surface area contributed by atoms with Crippen molar-refractivity contribution in [3.8, 4) is 5.75 Å². The fourth-order valence-electron chi connectivity index (χ4n) is 10.2. The van der Waals surface area contributed by atoms with E-state index in [0.29, 0.717) is 48.6 Å². The number of ether oxygens (including phenoxy) is 1. The molecule has 0 radical (unpaired) electrons. The first kappa shape index (κ1) is 29.0. The normalized spacial score (nSPS) is 36.8. The maximum atomic E-state index is 12.5. The number of benzene rings is 1. The number of hydrogen-bond donors (Lipinski definition) is 1. The summed E-state index contributed by atoms with van der Waals surface area (Å²) in [7, 11) is 2.04. The van der Waals surface area contributed by atoms with E-state index in [4.69, 9.17) is 4.74 Å². The molecule has 4 unspecified atom stereocenters. The van der Waals surface area contributed by atoms with E-state index < -0.39 is 0 Å². The maximum Gasteiger partial charge on any atom is 0.222 e. The first-order valence-corrected chi connectivity index (χ1v) is 16.4. The second-order valence-electron chi connectivity index (χ2n) is 14.0. The molecule has 1 N–H and O–H groups in total. The zero-order valence-electron chi connectivity index (χ0n) is 25.5. The fraction of sp³-hybridized carbons (Fsp3) is 0.800. The minimum absolute atomic E-state index is 0.000209. The Kier molecular flexibility index (Phi) is 8.72. The van der Waals surface area contributed by atoms with E-state index in [-0.39, 0.29) is 16.9 Å². The third kappa shape index (κ3) is 5.17. The Morgan fingerprint density at radius 2 is 1.82 bits per heavy atom. The van der Waals surface area contributed by atoms with Gasteiger partial charge in [-0.2, -0.15) is 0 Å². The lowest BCUT2D eigenvalue weighted by Crippen LogP contribution is -2.61. The van der Waals surface area contributed by atoms with Crippen LogP contribution in [-0.4, -0.2) is 41.7 Å². The van der Waals surface area contributed by atoms with E-state index in [0.717, 1.165) is 50.2 Å². The Morgan fingerprint density at radius 3 is 2.56 bits per heavy atom. The van der Waals surface area contributed by atoms with Crippen LogP contribution in [0.15, 0.2) is 24.3 Å². The summed E-state index contributed by atoms with van der Waals surface area (Å²) >= 11 is 0. The number of hydrogen-bond acceptors (Lipinski definition) is 3. The van der Waals surface area contributed by atoms with Crippen molar-refractivity contribution >= 4 is 5.91 Å². The van der Waals surface area contributed by atoms with Gasteiger partial charge in [0.15, 0.2) is 0 Å². The number of rotatable bonds is 10. The van der Waals surface area contributed by atoms with Crippen LogP contribution in [0.3, 0.4) is 0 Å². The minimum Gasteiger partial charge on any atom is -0.494 e. The molecule has 1 aromatic rings. The highest BCUT2D eigenvalue weighted by atomic mass is 16.5. The summed E-state index contributed by atoms with van der Waals surface area (Å²) in [5, 5.41) is 11.4. The molecule has 0 spiro atoms. The molecule has 4 heteroatoms. The van der Waals surface area contributed by atoms with Gasteiger partial charge in [0.2, 0.25) is 5.91 Å². The van der Waals surface area contributed by atoms with Gasteiger partial charge in [0.25, 0.3) is 0 Å². The van der Waals surface area contributed by atoms with Gasteiger partial charge in [-0.3, -0.25) is 4.79 Å². The molecule has 4 fully saturated rings. The van der Waals surface area contributed by atoms with Gasteiger partial charge in [-0.15, -0.1) is 0 Å². The molecule has 3 aliphatic carbocycles. The molecule has 1 amide bonds. The number of carbonyl (C=O) groups excluding carboxylic acids is 1. The monoisotopic (exact) mass is 537 g/mol. The number of piperidine rings is 1. The molecule has 1 aliphatic heterocycles. The van der Waals surface area contributed by atoms with Crippen molar-refractivity contribution in [2.45, 2.75) is 129 Å². The maximum absolute atomic E-state index is 12.5. The number of aliphatic hydroxyl groups is 1. The molecule has 0 bridgehead atoms. The van der Waals surface area contributed by atoms with Crippen LogP contribution >= 0.6 is 0 Å². The molecule has 3 saturated carbocycles. The van der Waals surface area contributed by atoms with Gasteiger partial charge >= 0.3 is 0 Å². The smallest absolute Gasteiger partial charge is 0.222 e. The summed E-state index contributed by atoms with van der Waals surface area (Å²) in [6.07, 6.45) is 14.2. The molecular weight excluding hydrogens is 482 g/mol. The summed E-state index contributed by atoms with van der Waals surface area (Å²) < 4.78 is 6.47. The summed E-state index contributed by atoms with van der Waals surface area (Å²) in [5.74, 6) is 4.66. The van der Waals surface area contributed by atoms with Gasteiger partial charge in [0.05, 0.1) is 12.7 Å². The minimum atomic E-state index is -0.205. The second-order valence-corrected chi connectivity index (χ2v) is 14.0. The van der Waals surface area contributed by atoms with Crippen LogP contribution in [0, 0.1) is 34.5 Å². The number of fused-ring (bicyclic) bond motifs is 5. The van der Waals surface area contributed by atoms with Crippen molar-refractivity contribution in [2.24, 2.45) is 34.5 Å². The summed E-state index contributed by atoms with van der Waals surface area (Å²) in [6.45, 7) is 10.1. The van der Waals surface area contributed by atoms with Gasteiger partial charge in [0.1, 0.15) is 5.75 Å². The van der Waals surface area contributed by atoms with E-state index in [1.54, 1.807) is 0 Å². The highest BCUT2D eigenvalue weighted by Gasteiger charge is 2.62. The highest BCUT2D eigenvalue weighted by molar-refractivity contribution is 5.77. The topological polar surface area (TPSA) is 49.8 Å². The number of amides is 1. The van der Waals surface area contributed by atoms with Crippen LogP contribution < -0.4 is 4.74 Å². The SMILES string of the molecule is CCC(CC)C[C@@H](CC)c1cccc(OCC[C@]23CCC4C(CCC5N(C)C(=O)CC[C@]45C)C2CC[C@@H]3O)c1. The summed E-state index contributed by atoms with van der Waals surface area (Å²) in [5.41, 5.74) is 1.65. The number of nitrogens with zero attached hydrogens (tertiary/aromatic N) is 1. The molecule has 0 aromatic heterocycles. The fourth-order valence-corrected chi connectivity index (χ4v) is 10.2. The Bertz CT molecular complexity index is 990. The average Bonchev–Trinajstić information content (AvgIpc) is 3.28. The average molecular weight is 538 g/mol. The van der Waals surface area contributed by atoms with Crippen molar-refractivity contribution in [3.05, 3.63) is 29.8 Å². The lowest BCUT2D eigenvalue weighted by molar-refractivity contribution is -0.162. The van der Waals surface area contributed by atoms with Crippen molar-refractivity contribution in [1.29, 1.82) is 0 Å². The molecule has 1 heterocycles. The lowest BCUT2D eigenvalue weighted by atomic mass is 9.46. The van der Waals surface area contributed by atoms with Crippen LogP contribution in [0.4, 0.5) is 0 Å². The van der Waals surface area contributed by atoms with E-state index in [1.807, 2.05) is 7.05 Å². The van der Waals surface area contributed by atoms with Crippen molar-refractivity contribution in [1.82, 2.24) is 4.90 Å². The third-order valence-corrected chi connectivity index (χ3v) is 12.7. The van der Waals surface area contributed by atoms with Crippen molar-refractivity contribution in [3.63, 3.8) is 0 Å². The van der Waals surface area contributed by atoms with Gasteiger partial charge in [0, 0.05) is 24.9 Å². The summed E-state index contributed by atoms with van der Waals surface area (Å²) in [6, 6.07) is 9.26. The van der Waals surface area contributed by atoms with Crippen LogP contribution in [0.2, 0.25) is 0 Å². The zero-order valence-corrected chi connectivity index (χ0v) is 25.5. The zero-order chi connectivity index (χ0) is 27.8. The predicted molar refractivity (Wildman–Crippen MR) is 159 cm³/mol. The molecule has 39 heavy (non-hydrogen) atoms. The first-order chi connectivity index (χ1) is 18.8. The predicted octanol–water partition coefficient (Wildman–Crippen LogP) is 7.98. The van der Waals surface area contributed by atoms with Crippen LogP contribution in [0.5, 0.6) is 5.75 Å². The standard InChI is InChI=1S/C35H55NO3/c1-6-24(7-2)22-25(8-3)26-10-9-11-27(23-26)39-21-20-35-19-16-29-28(30(35)13-15-32(35)37)12-14-31-34(29,4)18-17-33(38)36(31)5/h9-11,23-25,28-32,37H,6-8,12-22H2,1-5H3/t25-,28?,29?,30?,31?,32+,34-,35-/m1/s1. The van der Waals surface area contributed by atoms with Crippen LogP contribution in [0.1, 0.15) is 123 Å². The van der Waals surface area contributed by atoms with Gasteiger partial charge in [-0.25, -0.2) is 0 Å². The molecule has 4 nitrogen and oxygen atoms in total. The van der Waals surface area contributed by atoms with E-state index in [2.05, 4.69) is 56.9 Å². The Morgan fingerprint density at radius 1 is 1.03 bits per heavy atom. The quantitative estimate of drug-likeness (QED) is 0.329. The van der Waals surface area contributed by atoms with E-state index in [1.165, 1.54) is 44.1 Å². The third-order valence-electron chi connectivity index (χ3n) is 12.7. The van der Waals surface area contributed by atoms with Crippen LogP contribution in [0.25, 0.3) is 0 Å². The number of likely N-dealkylation sites (tertiary alicyclic amines) is 1. The highest BCUT2D eigenvalue weighted by Crippen LogP contribution is 2.65. The Labute approximate surface area is 238 Å². The molecule has 1 aromatic carbocycles. The lowest BCUT2D eigenvalue weighted by Gasteiger charge is -2.62. The Hall–Kier alpha value is -1.55. The molecule has 218 valence electrons. The largest absolute Gasteiger partial charge is 0.494 e. The molecule has 8 atom stereocenters. The second kappa shape index (κ2) is 11.7. The summed E-state index contributed by atoms with van der Waals surface area (Å²) in [4.78, 5) is 14.6. The first-order valence-electron chi connectivity index (χ1n) is 16.4. The number of carbonyl (C=O) groups is 1. The van der Waals surface area contributed by atoms with E-state index in [9.17, 15) is 9.90 Å². The van der Waals surface area contributed by atoms with Gasteiger partial charge in [-0.1, -0.05) is 52.7 Å². The molecule has 4 aliphatic rings. The molecular formula is C35H55NO3.